The number of carboxylic acid groups (broad SMARTS) is 1. The monoisotopic (exact) mass is 286 g/mol. The third kappa shape index (κ3) is 2.97. The summed E-state index contributed by atoms with van der Waals surface area (Å²) in [6.07, 6.45) is 0. The molecule has 21 heavy (non-hydrogen) atoms. The van der Waals surface area contributed by atoms with Crippen molar-refractivity contribution < 1.29 is 14.6 Å². The quantitative estimate of drug-likeness (QED) is 0.912. The fourth-order valence-electron chi connectivity index (χ4n) is 2.57. The lowest BCUT2D eigenvalue weighted by Gasteiger charge is -2.36. The lowest BCUT2D eigenvalue weighted by molar-refractivity contribution is -0.147. The SMILES string of the molecule is CCOc1ccc2nc(CN3CC(C(=O)O)C3)ccc2c1. The molecule has 1 saturated heterocycles. The molecule has 0 bridgehead atoms. The molecular weight excluding hydrogens is 268 g/mol. The van der Waals surface area contributed by atoms with Crippen molar-refractivity contribution >= 4 is 16.9 Å². The van der Waals surface area contributed by atoms with Gasteiger partial charge in [0, 0.05) is 25.0 Å². The van der Waals surface area contributed by atoms with Gasteiger partial charge in [0.05, 0.1) is 23.7 Å². The van der Waals surface area contributed by atoms with Crippen LogP contribution in [0.4, 0.5) is 0 Å². The number of fused-ring (bicyclic) bond motifs is 1. The van der Waals surface area contributed by atoms with Crippen molar-refractivity contribution in [2.24, 2.45) is 5.92 Å². The largest absolute Gasteiger partial charge is 0.494 e. The zero-order chi connectivity index (χ0) is 14.8. The molecule has 0 saturated carbocycles. The molecule has 0 spiro atoms. The van der Waals surface area contributed by atoms with Crippen LogP contribution in [0.1, 0.15) is 12.6 Å². The van der Waals surface area contributed by atoms with E-state index in [2.05, 4.69) is 9.88 Å². The van der Waals surface area contributed by atoms with Crippen molar-refractivity contribution in [2.45, 2.75) is 13.5 Å². The number of pyridine rings is 1. The predicted octanol–water partition coefficient (Wildman–Crippen LogP) is 2.15. The van der Waals surface area contributed by atoms with E-state index < -0.39 is 5.97 Å². The Labute approximate surface area is 123 Å². The van der Waals surface area contributed by atoms with E-state index >= 15 is 0 Å². The van der Waals surface area contributed by atoms with Gasteiger partial charge in [-0.1, -0.05) is 6.07 Å². The van der Waals surface area contributed by atoms with Gasteiger partial charge in [0.15, 0.2) is 0 Å². The van der Waals surface area contributed by atoms with Gasteiger partial charge in [0.2, 0.25) is 0 Å². The molecule has 0 unspecified atom stereocenters. The first-order valence-electron chi connectivity index (χ1n) is 7.13. The van der Waals surface area contributed by atoms with Crippen molar-refractivity contribution in [1.82, 2.24) is 9.88 Å². The Morgan fingerprint density at radius 3 is 2.90 bits per heavy atom. The van der Waals surface area contributed by atoms with Gasteiger partial charge < -0.3 is 9.84 Å². The molecule has 0 aliphatic carbocycles. The van der Waals surface area contributed by atoms with E-state index in [9.17, 15) is 4.79 Å². The molecule has 0 amide bonds. The summed E-state index contributed by atoms with van der Waals surface area (Å²) in [4.78, 5) is 17.5. The summed E-state index contributed by atoms with van der Waals surface area (Å²) in [6, 6.07) is 9.90. The number of ether oxygens (including phenoxy) is 1. The normalized spacial score (nSPS) is 15.9. The fourth-order valence-corrected chi connectivity index (χ4v) is 2.57. The van der Waals surface area contributed by atoms with Gasteiger partial charge in [0.1, 0.15) is 5.75 Å². The molecule has 1 N–H and O–H groups in total. The molecule has 1 fully saturated rings. The third-order valence-corrected chi connectivity index (χ3v) is 3.72. The van der Waals surface area contributed by atoms with Crippen LogP contribution in [0.2, 0.25) is 0 Å². The van der Waals surface area contributed by atoms with Crippen LogP contribution in [0.25, 0.3) is 10.9 Å². The van der Waals surface area contributed by atoms with Crippen LogP contribution in [0.5, 0.6) is 5.75 Å². The van der Waals surface area contributed by atoms with Crippen LogP contribution >= 0.6 is 0 Å². The number of hydrogen-bond acceptors (Lipinski definition) is 4. The molecule has 5 heteroatoms. The number of aliphatic carboxylic acids is 1. The first-order valence-corrected chi connectivity index (χ1v) is 7.13. The Balaban J connectivity index is 1.70. The Hall–Kier alpha value is -2.14. The first kappa shape index (κ1) is 13.8. The Morgan fingerprint density at radius 2 is 2.19 bits per heavy atom. The molecule has 110 valence electrons. The van der Waals surface area contributed by atoms with Crippen LogP contribution in [-0.2, 0) is 11.3 Å². The highest BCUT2D eigenvalue weighted by Gasteiger charge is 2.32. The van der Waals surface area contributed by atoms with Gasteiger partial charge in [-0.3, -0.25) is 14.7 Å². The van der Waals surface area contributed by atoms with Gasteiger partial charge in [-0.05, 0) is 31.2 Å². The molecule has 1 aromatic carbocycles. The number of benzene rings is 1. The van der Waals surface area contributed by atoms with Crippen LogP contribution in [0, 0.1) is 5.92 Å². The molecule has 5 nitrogen and oxygen atoms in total. The third-order valence-electron chi connectivity index (χ3n) is 3.72. The summed E-state index contributed by atoms with van der Waals surface area (Å²) in [5.74, 6) is -0.0769. The zero-order valence-electron chi connectivity index (χ0n) is 12.0. The summed E-state index contributed by atoms with van der Waals surface area (Å²) in [5, 5.41) is 9.93. The van der Waals surface area contributed by atoms with Crippen molar-refractivity contribution in [2.75, 3.05) is 19.7 Å². The van der Waals surface area contributed by atoms with E-state index in [4.69, 9.17) is 9.84 Å². The van der Waals surface area contributed by atoms with Gasteiger partial charge in [-0.25, -0.2) is 0 Å². The molecule has 0 radical (unpaired) electrons. The zero-order valence-corrected chi connectivity index (χ0v) is 12.0. The second-order valence-corrected chi connectivity index (χ2v) is 5.32. The number of carboxylic acids is 1. The van der Waals surface area contributed by atoms with Crippen LogP contribution in [-0.4, -0.2) is 40.7 Å². The van der Waals surface area contributed by atoms with E-state index in [0.717, 1.165) is 22.3 Å². The lowest BCUT2D eigenvalue weighted by Crippen LogP contribution is -2.49. The average molecular weight is 286 g/mol. The number of likely N-dealkylation sites (tertiary alicyclic amines) is 1. The summed E-state index contributed by atoms with van der Waals surface area (Å²) >= 11 is 0. The van der Waals surface area contributed by atoms with Crippen LogP contribution < -0.4 is 4.74 Å². The maximum absolute atomic E-state index is 10.8. The minimum atomic E-state index is -0.707. The minimum Gasteiger partial charge on any atom is -0.494 e. The fraction of sp³-hybridized carbons (Fsp3) is 0.375. The standard InChI is InChI=1S/C16H18N2O3/c1-2-21-14-5-6-15-11(7-14)3-4-13(17-15)10-18-8-12(9-18)16(19)20/h3-7,12H,2,8-10H2,1H3,(H,19,20). The van der Waals surface area contributed by atoms with E-state index in [1.54, 1.807) is 0 Å². The second-order valence-electron chi connectivity index (χ2n) is 5.32. The van der Waals surface area contributed by atoms with Gasteiger partial charge in [-0.15, -0.1) is 0 Å². The number of aromatic nitrogens is 1. The van der Waals surface area contributed by atoms with Gasteiger partial charge >= 0.3 is 5.97 Å². The average Bonchev–Trinajstić information content (AvgIpc) is 2.42. The number of rotatable bonds is 5. The molecule has 1 aromatic heterocycles. The predicted molar refractivity (Wildman–Crippen MR) is 79.3 cm³/mol. The molecule has 3 rings (SSSR count). The van der Waals surface area contributed by atoms with Gasteiger partial charge in [0.25, 0.3) is 0 Å². The number of nitrogens with zero attached hydrogens (tertiary/aromatic N) is 2. The minimum absolute atomic E-state index is 0.223. The Kier molecular flexibility index (Phi) is 3.75. The summed E-state index contributed by atoms with van der Waals surface area (Å²) < 4.78 is 5.48. The highest BCUT2D eigenvalue weighted by Crippen LogP contribution is 2.22. The topological polar surface area (TPSA) is 62.7 Å². The molecule has 2 heterocycles. The Bertz CT molecular complexity index is 666. The molecule has 1 aliphatic rings. The highest BCUT2D eigenvalue weighted by atomic mass is 16.5. The number of carbonyl (C=O) groups is 1. The second kappa shape index (κ2) is 5.69. The summed E-state index contributed by atoms with van der Waals surface area (Å²) in [5.41, 5.74) is 1.90. The van der Waals surface area contributed by atoms with Crippen LogP contribution in [0.15, 0.2) is 30.3 Å². The van der Waals surface area contributed by atoms with E-state index in [1.165, 1.54) is 0 Å². The maximum Gasteiger partial charge on any atom is 0.309 e. The van der Waals surface area contributed by atoms with Crippen molar-refractivity contribution in [3.63, 3.8) is 0 Å². The summed E-state index contributed by atoms with van der Waals surface area (Å²) in [7, 11) is 0. The van der Waals surface area contributed by atoms with E-state index in [-0.39, 0.29) is 5.92 Å². The van der Waals surface area contributed by atoms with Crippen molar-refractivity contribution in [3.8, 4) is 5.75 Å². The smallest absolute Gasteiger partial charge is 0.309 e. The number of hydrogen-bond donors (Lipinski definition) is 1. The van der Waals surface area contributed by atoms with Crippen molar-refractivity contribution in [1.29, 1.82) is 0 Å². The lowest BCUT2D eigenvalue weighted by atomic mass is 10.0. The van der Waals surface area contributed by atoms with E-state index in [1.807, 2.05) is 37.3 Å². The van der Waals surface area contributed by atoms with E-state index in [0.29, 0.717) is 26.2 Å². The Morgan fingerprint density at radius 1 is 1.38 bits per heavy atom. The first-order chi connectivity index (χ1) is 10.2. The molecule has 1 aliphatic heterocycles. The summed E-state index contributed by atoms with van der Waals surface area (Å²) in [6.45, 7) is 4.53. The maximum atomic E-state index is 10.8. The molecule has 2 aromatic rings. The van der Waals surface area contributed by atoms with Crippen molar-refractivity contribution in [3.05, 3.63) is 36.0 Å². The molecule has 0 atom stereocenters. The highest BCUT2D eigenvalue weighted by molar-refractivity contribution is 5.80. The van der Waals surface area contributed by atoms with Gasteiger partial charge in [-0.2, -0.15) is 0 Å². The van der Waals surface area contributed by atoms with Crippen LogP contribution in [0.3, 0.4) is 0 Å². The molecular formula is C16H18N2O3.